The Morgan fingerprint density at radius 1 is 1.45 bits per heavy atom. The zero-order valence-electron chi connectivity index (χ0n) is 12.9. The molecular weight excluding hydrogens is 292 g/mol. The highest BCUT2D eigenvalue weighted by molar-refractivity contribution is 6.08. The maximum Gasteiger partial charge on any atom is 0.334 e. The molecule has 122 valence electrons. The van der Waals surface area contributed by atoms with E-state index in [1.807, 2.05) is 0 Å². The van der Waals surface area contributed by atoms with Crippen molar-refractivity contribution in [3.63, 3.8) is 0 Å². The number of nitrogens with zero attached hydrogens (tertiary/aromatic N) is 1. The van der Waals surface area contributed by atoms with Crippen LogP contribution in [0.15, 0.2) is 16.8 Å². The van der Waals surface area contributed by atoms with Gasteiger partial charge in [-0.05, 0) is 26.3 Å². The van der Waals surface area contributed by atoms with Gasteiger partial charge in [0.25, 0.3) is 0 Å². The molecule has 1 aliphatic carbocycles. The first-order chi connectivity index (χ1) is 10.2. The standard InChI is InChI=1S/C14H20N2O6/c1-5-14-8(12(18)19)6-9(16-20)10(15-7(2)17)11(14)21-13(3,4)22-14/h6,10-11,20H,5H2,1-4H3,(H,15,17)(H,18,19)/t10-,11+,14-/m1/s1. The molecule has 8 nitrogen and oxygen atoms in total. The quantitative estimate of drug-likeness (QED) is 0.520. The number of carbonyl (C=O) groups is 2. The zero-order chi connectivity index (χ0) is 16.7. The van der Waals surface area contributed by atoms with Crippen molar-refractivity contribution in [2.45, 2.75) is 57.6 Å². The van der Waals surface area contributed by atoms with Gasteiger partial charge >= 0.3 is 5.97 Å². The van der Waals surface area contributed by atoms with Crippen LogP contribution in [0.4, 0.5) is 0 Å². The summed E-state index contributed by atoms with van der Waals surface area (Å²) in [5.41, 5.74) is -1.26. The van der Waals surface area contributed by atoms with E-state index < -0.39 is 29.5 Å². The van der Waals surface area contributed by atoms with Crippen molar-refractivity contribution in [2.24, 2.45) is 5.16 Å². The third-order valence-corrected chi connectivity index (χ3v) is 3.90. The van der Waals surface area contributed by atoms with Gasteiger partial charge in [-0.25, -0.2) is 4.79 Å². The Morgan fingerprint density at radius 3 is 2.55 bits per heavy atom. The molecule has 8 heteroatoms. The van der Waals surface area contributed by atoms with E-state index in [4.69, 9.17) is 9.47 Å². The normalized spacial score (nSPS) is 34.9. The van der Waals surface area contributed by atoms with Crippen LogP contribution in [0.25, 0.3) is 0 Å². The Balaban J connectivity index is 2.62. The summed E-state index contributed by atoms with van der Waals surface area (Å²) in [6.07, 6.45) is 0.750. The Bertz CT molecular complexity index is 568. The molecule has 1 heterocycles. The molecule has 3 N–H and O–H groups in total. The fourth-order valence-electron chi connectivity index (χ4n) is 3.15. The number of ether oxygens (including phenoxy) is 2. The van der Waals surface area contributed by atoms with E-state index in [0.29, 0.717) is 6.42 Å². The van der Waals surface area contributed by atoms with Crippen LogP contribution in [0.3, 0.4) is 0 Å². The topological polar surface area (TPSA) is 117 Å². The van der Waals surface area contributed by atoms with Crippen LogP contribution in [0, 0.1) is 0 Å². The number of nitrogens with one attached hydrogen (secondary N) is 1. The summed E-state index contributed by atoms with van der Waals surface area (Å²) in [4.78, 5) is 23.1. The molecule has 0 radical (unpaired) electrons. The summed E-state index contributed by atoms with van der Waals surface area (Å²) in [6.45, 7) is 6.44. The van der Waals surface area contributed by atoms with Gasteiger partial charge in [0.15, 0.2) is 5.79 Å². The third kappa shape index (κ3) is 2.48. The lowest BCUT2D eigenvalue weighted by Gasteiger charge is -2.39. The molecule has 0 spiro atoms. The van der Waals surface area contributed by atoms with Crippen LogP contribution in [-0.4, -0.2) is 51.4 Å². The number of carboxylic acid groups (broad SMARTS) is 1. The van der Waals surface area contributed by atoms with Gasteiger partial charge in [-0.2, -0.15) is 0 Å². The third-order valence-electron chi connectivity index (χ3n) is 3.90. The molecule has 22 heavy (non-hydrogen) atoms. The Morgan fingerprint density at radius 2 is 2.09 bits per heavy atom. The van der Waals surface area contributed by atoms with Gasteiger partial charge in [-0.15, -0.1) is 0 Å². The lowest BCUT2D eigenvalue weighted by molar-refractivity contribution is -0.161. The highest BCUT2D eigenvalue weighted by Gasteiger charge is 2.61. The summed E-state index contributed by atoms with van der Waals surface area (Å²) in [5.74, 6) is -2.57. The van der Waals surface area contributed by atoms with Gasteiger partial charge in [0, 0.05) is 6.92 Å². The first-order valence-corrected chi connectivity index (χ1v) is 6.99. The number of aliphatic carboxylic acids is 1. The number of hydrogen-bond acceptors (Lipinski definition) is 6. The van der Waals surface area contributed by atoms with E-state index >= 15 is 0 Å². The van der Waals surface area contributed by atoms with E-state index in [2.05, 4.69) is 10.5 Å². The molecule has 0 bridgehead atoms. The van der Waals surface area contributed by atoms with Crippen molar-refractivity contribution in [1.29, 1.82) is 0 Å². The maximum absolute atomic E-state index is 11.6. The van der Waals surface area contributed by atoms with Crippen molar-refractivity contribution < 1.29 is 29.4 Å². The first-order valence-electron chi connectivity index (χ1n) is 6.99. The average molecular weight is 312 g/mol. The number of carboxylic acids is 1. The molecule has 0 aromatic carbocycles. The molecular formula is C14H20N2O6. The highest BCUT2D eigenvalue weighted by Crippen LogP contribution is 2.47. The minimum Gasteiger partial charge on any atom is -0.478 e. The number of oxime groups is 1. The highest BCUT2D eigenvalue weighted by atomic mass is 16.8. The average Bonchev–Trinajstić information content (AvgIpc) is 2.70. The number of carbonyl (C=O) groups excluding carboxylic acids is 1. The number of rotatable bonds is 3. The molecule has 1 amide bonds. The van der Waals surface area contributed by atoms with Gasteiger partial charge < -0.3 is 25.1 Å². The van der Waals surface area contributed by atoms with Gasteiger partial charge in [0.1, 0.15) is 23.5 Å². The van der Waals surface area contributed by atoms with Crippen molar-refractivity contribution in [1.82, 2.24) is 5.32 Å². The molecule has 0 aromatic rings. The lowest BCUT2D eigenvalue weighted by Crippen LogP contribution is -2.60. The van der Waals surface area contributed by atoms with Crippen molar-refractivity contribution in [2.75, 3.05) is 0 Å². The number of fused-ring (bicyclic) bond motifs is 1. The molecule has 0 unspecified atom stereocenters. The van der Waals surface area contributed by atoms with Crippen molar-refractivity contribution >= 4 is 17.6 Å². The van der Waals surface area contributed by atoms with Crippen LogP contribution in [-0.2, 0) is 19.1 Å². The number of hydrogen-bond donors (Lipinski definition) is 3. The summed E-state index contributed by atoms with van der Waals surface area (Å²) in [7, 11) is 0. The predicted molar refractivity (Wildman–Crippen MR) is 75.6 cm³/mol. The fourth-order valence-corrected chi connectivity index (χ4v) is 3.15. The molecule has 2 rings (SSSR count). The molecule has 0 saturated carbocycles. The van der Waals surface area contributed by atoms with Crippen molar-refractivity contribution in [3.8, 4) is 0 Å². The minimum atomic E-state index is -1.23. The lowest BCUT2D eigenvalue weighted by atomic mass is 9.75. The van der Waals surface area contributed by atoms with Crippen LogP contribution >= 0.6 is 0 Å². The largest absolute Gasteiger partial charge is 0.478 e. The molecule has 3 atom stereocenters. The van der Waals surface area contributed by atoms with E-state index in [0.717, 1.165) is 0 Å². The zero-order valence-corrected chi connectivity index (χ0v) is 12.9. The monoisotopic (exact) mass is 312 g/mol. The Labute approximate surface area is 127 Å². The van der Waals surface area contributed by atoms with Gasteiger partial charge in [-0.1, -0.05) is 12.1 Å². The fraction of sp³-hybridized carbons (Fsp3) is 0.643. The summed E-state index contributed by atoms with van der Waals surface area (Å²) < 4.78 is 11.7. The molecule has 0 aromatic heterocycles. The van der Waals surface area contributed by atoms with Gasteiger partial charge in [-0.3, -0.25) is 4.79 Å². The summed E-state index contributed by atoms with van der Waals surface area (Å²) >= 11 is 0. The second kappa shape index (κ2) is 5.36. The number of amides is 1. The van der Waals surface area contributed by atoms with E-state index in [1.54, 1.807) is 20.8 Å². The summed E-state index contributed by atoms with van der Waals surface area (Å²) in [6, 6.07) is -0.799. The van der Waals surface area contributed by atoms with E-state index in [1.165, 1.54) is 13.0 Å². The van der Waals surface area contributed by atoms with Gasteiger partial charge in [0.05, 0.1) is 5.57 Å². The van der Waals surface area contributed by atoms with Crippen LogP contribution in [0.5, 0.6) is 0 Å². The molecule has 2 aliphatic rings. The smallest absolute Gasteiger partial charge is 0.334 e. The molecule has 1 aliphatic heterocycles. The minimum absolute atomic E-state index is 0.0166. The van der Waals surface area contributed by atoms with Crippen LogP contribution in [0.1, 0.15) is 34.1 Å². The summed E-state index contributed by atoms with van der Waals surface area (Å²) in [5, 5.41) is 24.4. The molecule has 1 fully saturated rings. The van der Waals surface area contributed by atoms with Crippen LogP contribution < -0.4 is 5.32 Å². The first kappa shape index (κ1) is 16.4. The van der Waals surface area contributed by atoms with E-state index in [-0.39, 0.29) is 17.2 Å². The second-order valence-corrected chi connectivity index (χ2v) is 5.85. The maximum atomic E-state index is 11.6. The van der Waals surface area contributed by atoms with Crippen LogP contribution in [0.2, 0.25) is 0 Å². The SMILES string of the molecule is CC[C@]12OC(C)(C)O[C@H]1[C@H](NC(C)=O)C(=NO)C=C2C(=O)O. The Hall–Kier alpha value is -1.93. The molecule has 1 saturated heterocycles. The second-order valence-electron chi connectivity index (χ2n) is 5.85. The van der Waals surface area contributed by atoms with Gasteiger partial charge in [0.2, 0.25) is 5.91 Å². The van der Waals surface area contributed by atoms with E-state index in [9.17, 15) is 19.9 Å². The van der Waals surface area contributed by atoms with Crippen molar-refractivity contribution in [3.05, 3.63) is 11.6 Å². The Kier molecular flexibility index (Phi) is 4.01. The predicted octanol–water partition coefficient (Wildman–Crippen LogP) is 0.646.